The summed E-state index contributed by atoms with van der Waals surface area (Å²) < 4.78 is 0. The van der Waals surface area contributed by atoms with Crippen molar-refractivity contribution < 1.29 is 4.79 Å². The summed E-state index contributed by atoms with van der Waals surface area (Å²) in [6.45, 7) is 3.94. The number of aromatic nitrogens is 1. The third kappa shape index (κ3) is 2.57. The van der Waals surface area contributed by atoms with Gasteiger partial charge in [0.2, 0.25) is 0 Å². The van der Waals surface area contributed by atoms with Crippen molar-refractivity contribution >= 4 is 17.3 Å². The number of carbonyl (C=O) groups excluding carboxylic acids is 1. The van der Waals surface area contributed by atoms with E-state index in [0.717, 1.165) is 11.1 Å². The van der Waals surface area contributed by atoms with Crippen LogP contribution in [-0.4, -0.2) is 17.9 Å². The Bertz CT molecular complexity index is 623. The highest BCUT2D eigenvalue weighted by Crippen LogP contribution is 2.23. The average Bonchev–Trinajstić information content (AvgIpc) is 2.38. The predicted molar refractivity (Wildman–Crippen MR) is 77.3 cm³/mol. The molecule has 2 rings (SSSR count). The van der Waals surface area contributed by atoms with E-state index in [-0.39, 0.29) is 5.91 Å². The van der Waals surface area contributed by atoms with E-state index in [1.54, 1.807) is 30.4 Å². The largest absolute Gasteiger partial charge is 0.396 e. The van der Waals surface area contributed by atoms with E-state index in [1.165, 1.54) is 0 Å². The molecule has 0 radical (unpaired) electrons. The SMILES string of the molecule is Cc1ccc(C(=O)N(C)c2ccncc2N)c(C)c1. The van der Waals surface area contributed by atoms with E-state index in [0.29, 0.717) is 16.9 Å². The molecule has 1 aromatic carbocycles. The molecule has 0 saturated carbocycles. The van der Waals surface area contributed by atoms with Crippen molar-refractivity contribution in [3.63, 3.8) is 0 Å². The van der Waals surface area contributed by atoms with E-state index < -0.39 is 0 Å². The molecule has 0 aliphatic carbocycles. The van der Waals surface area contributed by atoms with Crippen LogP contribution in [0.5, 0.6) is 0 Å². The van der Waals surface area contributed by atoms with Gasteiger partial charge in [-0.2, -0.15) is 0 Å². The molecule has 19 heavy (non-hydrogen) atoms. The van der Waals surface area contributed by atoms with Crippen molar-refractivity contribution in [2.75, 3.05) is 17.7 Å². The normalized spacial score (nSPS) is 10.3. The third-order valence-electron chi connectivity index (χ3n) is 3.11. The lowest BCUT2D eigenvalue weighted by Gasteiger charge is -2.20. The Balaban J connectivity index is 2.37. The number of nitrogen functional groups attached to an aromatic ring is 1. The van der Waals surface area contributed by atoms with Crippen molar-refractivity contribution in [2.24, 2.45) is 0 Å². The van der Waals surface area contributed by atoms with Crippen LogP contribution in [0.15, 0.2) is 36.7 Å². The van der Waals surface area contributed by atoms with E-state index in [2.05, 4.69) is 4.98 Å². The smallest absolute Gasteiger partial charge is 0.258 e. The zero-order chi connectivity index (χ0) is 14.0. The fourth-order valence-corrected chi connectivity index (χ4v) is 2.05. The van der Waals surface area contributed by atoms with Crippen molar-refractivity contribution in [3.8, 4) is 0 Å². The lowest BCUT2D eigenvalue weighted by Crippen LogP contribution is -2.27. The summed E-state index contributed by atoms with van der Waals surface area (Å²) in [6.07, 6.45) is 3.17. The summed E-state index contributed by atoms with van der Waals surface area (Å²) in [6, 6.07) is 7.51. The molecule has 2 aromatic rings. The molecule has 4 nitrogen and oxygen atoms in total. The highest BCUT2D eigenvalue weighted by molar-refractivity contribution is 6.08. The van der Waals surface area contributed by atoms with Gasteiger partial charge in [0.05, 0.1) is 17.6 Å². The van der Waals surface area contributed by atoms with Crippen molar-refractivity contribution in [1.29, 1.82) is 0 Å². The molecule has 0 aliphatic heterocycles. The second kappa shape index (κ2) is 5.10. The first-order valence-electron chi connectivity index (χ1n) is 6.05. The van der Waals surface area contributed by atoms with E-state index in [4.69, 9.17) is 5.73 Å². The molecular weight excluding hydrogens is 238 g/mol. The Labute approximate surface area is 112 Å². The number of pyridine rings is 1. The van der Waals surface area contributed by atoms with Crippen LogP contribution in [0.25, 0.3) is 0 Å². The predicted octanol–water partition coefficient (Wildman–Crippen LogP) is 2.56. The van der Waals surface area contributed by atoms with Crippen LogP contribution in [0.4, 0.5) is 11.4 Å². The summed E-state index contributed by atoms with van der Waals surface area (Å²) in [5.41, 5.74) is 9.78. The molecule has 0 aliphatic rings. The first-order chi connectivity index (χ1) is 9.00. The number of nitrogens with two attached hydrogens (primary N) is 1. The molecule has 1 heterocycles. The minimum atomic E-state index is -0.0737. The molecule has 1 aromatic heterocycles. The molecule has 2 N–H and O–H groups in total. The molecule has 0 saturated heterocycles. The van der Waals surface area contributed by atoms with Gasteiger partial charge in [-0.3, -0.25) is 9.78 Å². The molecular formula is C15H17N3O. The summed E-state index contributed by atoms with van der Waals surface area (Å²) in [4.78, 5) is 18.0. The maximum atomic E-state index is 12.5. The number of hydrogen-bond acceptors (Lipinski definition) is 3. The first-order valence-corrected chi connectivity index (χ1v) is 6.05. The van der Waals surface area contributed by atoms with Gasteiger partial charge in [0.1, 0.15) is 0 Å². The molecule has 0 unspecified atom stereocenters. The maximum absolute atomic E-state index is 12.5. The van der Waals surface area contributed by atoms with E-state index >= 15 is 0 Å². The topological polar surface area (TPSA) is 59.2 Å². The molecule has 0 bridgehead atoms. The van der Waals surface area contributed by atoms with Crippen LogP contribution in [0.1, 0.15) is 21.5 Å². The Morgan fingerprint density at radius 2 is 2.00 bits per heavy atom. The number of nitrogens with zero attached hydrogens (tertiary/aromatic N) is 2. The monoisotopic (exact) mass is 255 g/mol. The van der Waals surface area contributed by atoms with Crippen molar-refractivity contribution in [1.82, 2.24) is 4.98 Å². The van der Waals surface area contributed by atoms with Gasteiger partial charge in [-0.25, -0.2) is 0 Å². The maximum Gasteiger partial charge on any atom is 0.258 e. The second-order valence-corrected chi connectivity index (χ2v) is 4.62. The van der Waals surface area contributed by atoms with Gasteiger partial charge in [0.25, 0.3) is 5.91 Å². The van der Waals surface area contributed by atoms with Gasteiger partial charge in [-0.15, -0.1) is 0 Å². The Kier molecular flexibility index (Phi) is 3.51. The van der Waals surface area contributed by atoms with Crippen LogP contribution in [-0.2, 0) is 0 Å². The summed E-state index contributed by atoms with van der Waals surface area (Å²) in [7, 11) is 1.72. The Morgan fingerprint density at radius 1 is 1.26 bits per heavy atom. The number of benzene rings is 1. The fourth-order valence-electron chi connectivity index (χ4n) is 2.05. The van der Waals surface area contributed by atoms with Crippen LogP contribution in [0, 0.1) is 13.8 Å². The van der Waals surface area contributed by atoms with Gasteiger partial charge in [0.15, 0.2) is 0 Å². The highest BCUT2D eigenvalue weighted by atomic mass is 16.2. The number of hydrogen-bond donors (Lipinski definition) is 1. The highest BCUT2D eigenvalue weighted by Gasteiger charge is 2.17. The molecule has 0 fully saturated rings. The van der Waals surface area contributed by atoms with Crippen LogP contribution < -0.4 is 10.6 Å². The lowest BCUT2D eigenvalue weighted by atomic mass is 10.0. The number of rotatable bonds is 2. The first kappa shape index (κ1) is 13.1. The standard InChI is InChI=1S/C15H17N3O/c1-10-4-5-12(11(2)8-10)15(19)18(3)14-6-7-17-9-13(14)16/h4-9H,16H2,1-3H3. The Morgan fingerprint density at radius 3 is 2.63 bits per heavy atom. The third-order valence-corrected chi connectivity index (χ3v) is 3.11. The zero-order valence-electron chi connectivity index (χ0n) is 11.3. The summed E-state index contributed by atoms with van der Waals surface area (Å²) in [5.74, 6) is -0.0737. The van der Waals surface area contributed by atoms with Gasteiger partial charge < -0.3 is 10.6 Å². The quantitative estimate of drug-likeness (QED) is 0.897. The van der Waals surface area contributed by atoms with Crippen LogP contribution in [0.3, 0.4) is 0 Å². The van der Waals surface area contributed by atoms with Gasteiger partial charge in [0, 0.05) is 18.8 Å². The Hall–Kier alpha value is -2.36. The zero-order valence-corrected chi connectivity index (χ0v) is 11.3. The van der Waals surface area contributed by atoms with Gasteiger partial charge in [-0.1, -0.05) is 17.7 Å². The summed E-state index contributed by atoms with van der Waals surface area (Å²) >= 11 is 0. The van der Waals surface area contributed by atoms with E-state index in [9.17, 15) is 4.79 Å². The van der Waals surface area contributed by atoms with Gasteiger partial charge in [-0.05, 0) is 31.5 Å². The lowest BCUT2D eigenvalue weighted by molar-refractivity contribution is 0.0992. The van der Waals surface area contributed by atoms with Crippen LogP contribution in [0.2, 0.25) is 0 Å². The molecule has 1 amide bonds. The van der Waals surface area contributed by atoms with Gasteiger partial charge >= 0.3 is 0 Å². The fraction of sp³-hybridized carbons (Fsp3) is 0.200. The minimum Gasteiger partial charge on any atom is -0.396 e. The molecule has 98 valence electrons. The summed E-state index contributed by atoms with van der Waals surface area (Å²) in [5, 5.41) is 0. The second-order valence-electron chi connectivity index (χ2n) is 4.62. The number of amides is 1. The number of anilines is 2. The number of aryl methyl sites for hydroxylation is 2. The van der Waals surface area contributed by atoms with Crippen LogP contribution >= 0.6 is 0 Å². The molecule has 4 heteroatoms. The average molecular weight is 255 g/mol. The molecule has 0 spiro atoms. The van der Waals surface area contributed by atoms with Crippen molar-refractivity contribution in [2.45, 2.75) is 13.8 Å². The van der Waals surface area contributed by atoms with Crippen molar-refractivity contribution in [3.05, 3.63) is 53.3 Å². The minimum absolute atomic E-state index is 0.0737. The number of carbonyl (C=O) groups is 1. The molecule has 0 atom stereocenters. The van der Waals surface area contributed by atoms with E-state index in [1.807, 2.05) is 32.0 Å².